The van der Waals surface area contributed by atoms with Crippen molar-refractivity contribution in [3.8, 4) is 0 Å². The summed E-state index contributed by atoms with van der Waals surface area (Å²) in [4.78, 5) is 26.2. The highest BCUT2D eigenvalue weighted by molar-refractivity contribution is 6.07. The first-order valence-electron chi connectivity index (χ1n) is 7.93. The van der Waals surface area contributed by atoms with E-state index in [1.165, 1.54) is 13.2 Å². The van der Waals surface area contributed by atoms with E-state index in [0.29, 0.717) is 22.4 Å². The molecule has 1 aliphatic rings. The smallest absolute Gasteiger partial charge is 0.334 e. The zero-order valence-electron chi connectivity index (χ0n) is 14.1. The first-order chi connectivity index (χ1) is 12.0. The molecule has 2 aromatic carbocycles. The van der Waals surface area contributed by atoms with Crippen LogP contribution < -0.4 is 4.90 Å². The van der Waals surface area contributed by atoms with Crippen molar-refractivity contribution < 1.29 is 18.7 Å². The fourth-order valence-electron chi connectivity index (χ4n) is 2.84. The summed E-state index contributed by atoms with van der Waals surface area (Å²) in [7, 11) is 1.29. The molecular formula is C20H18FNO3. The highest BCUT2D eigenvalue weighted by Crippen LogP contribution is 2.30. The van der Waals surface area contributed by atoms with E-state index in [1.807, 2.05) is 24.3 Å². The van der Waals surface area contributed by atoms with Crippen molar-refractivity contribution in [2.24, 2.45) is 0 Å². The molecule has 0 aliphatic carbocycles. The molecule has 0 fully saturated rings. The third-order valence-corrected chi connectivity index (χ3v) is 4.22. The number of para-hydroxylation sites is 1. The van der Waals surface area contributed by atoms with E-state index in [0.717, 1.165) is 5.56 Å². The molecule has 0 saturated carbocycles. The normalized spacial score (nSPS) is 13.8. The second-order valence-electron chi connectivity index (χ2n) is 5.96. The van der Waals surface area contributed by atoms with Crippen LogP contribution in [0.15, 0.2) is 48.0 Å². The van der Waals surface area contributed by atoms with Gasteiger partial charge in [0.2, 0.25) is 5.91 Å². The third-order valence-electron chi connectivity index (χ3n) is 4.22. The van der Waals surface area contributed by atoms with Crippen LogP contribution in [0.5, 0.6) is 0 Å². The molecule has 0 aromatic heterocycles. The maximum Gasteiger partial charge on any atom is 0.334 e. The van der Waals surface area contributed by atoms with Crippen molar-refractivity contribution in [1.29, 1.82) is 0 Å². The number of carbonyl (C=O) groups is 2. The second-order valence-corrected chi connectivity index (χ2v) is 5.96. The lowest BCUT2D eigenvalue weighted by Crippen LogP contribution is -2.30. The number of hydrogen-bond donors (Lipinski definition) is 0. The highest BCUT2D eigenvalue weighted by Gasteiger charge is 2.26. The minimum Gasteiger partial charge on any atom is -0.466 e. The number of fused-ring (bicyclic) bond motifs is 1. The summed E-state index contributed by atoms with van der Waals surface area (Å²) in [6, 6.07) is 12.2. The Labute approximate surface area is 145 Å². The molecule has 0 unspecified atom stereocenters. The van der Waals surface area contributed by atoms with Gasteiger partial charge in [0.15, 0.2) is 0 Å². The fourth-order valence-corrected chi connectivity index (χ4v) is 2.84. The molecule has 0 radical (unpaired) electrons. The lowest BCUT2D eigenvalue weighted by atomic mass is 10.1. The molecule has 1 heterocycles. The second kappa shape index (κ2) is 6.89. The number of carbonyl (C=O) groups excluding carboxylic acids is 2. The van der Waals surface area contributed by atoms with Crippen LogP contribution in [0.1, 0.15) is 23.1 Å². The minimum absolute atomic E-state index is 0.0598. The van der Waals surface area contributed by atoms with Crippen molar-refractivity contribution in [3.05, 3.63) is 70.5 Å². The molecule has 0 spiro atoms. The molecule has 0 N–H and O–H groups in total. The Kier molecular flexibility index (Phi) is 4.65. The average Bonchev–Trinajstić information content (AvgIpc) is 2.74. The van der Waals surface area contributed by atoms with E-state index in [9.17, 15) is 14.0 Å². The molecule has 2 aromatic rings. The largest absolute Gasteiger partial charge is 0.466 e. The Hall–Kier alpha value is -2.95. The number of methoxy groups -OCH3 is 1. The number of amides is 1. The van der Waals surface area contributed by atoms with E-state index in [2.05, 4.69) is 0 Å². The Morgan fingerprint density at radius 1 is 1.24 bits per heavy atom. The summed E-state index contributed by atoms with van der Waals surface area (Å²) >= 11 is 0. The molecule has 3 rings (SSSR count). The summed E-state index contributed by atoms with van der Waals surface area (Å²) in [6.45, 7) is 1.92. The Morgan fingerprint density at radius 2 is 2.00 bits per heavy atom. The molecule has 5 heteroatoms. The lowest BCUT2D eigenvalue weighted by Gasteiger charge is -2.23. The first kappa shape index (κ1) is 16.9. The quantitative estimate of drug-likeness (QED) is 0.802. The number of hydrogen-bond acceptors (Lipinski definition) is 3. The molecule has 1 amide bonds. The van der Waals surface area contributed by atoms with Gasteiger partial charge in [-0.15, -0.1) is 0 Å². The molecule has 0 saturated heterocycles. The van der Waals surface area contributed by atoms with Gasteiger partial charge < -0.3 is 9.64 Å². The number of esters is 1. The summed E-state index contributed by atoms with van der Waals surface area (Å²) in [6.07, 6.45) is 1.62. The molecule has 1 aliphatic heterocycles. The summed E-state index contributed by atoms with van der Waals surface area (Å²) in [5.74, 6) is -1.06. The molecule has 0 bridgehead atoms. The average molecular weight is 339 g/mol. The van der Waals surface area contributed by atoms with E-state index in [4.69, 9.17) is 4.74 Å². The van der Waals surface area contributed by atoms with Gasteiger partial charge in [0, 0.05) is 5.57 Å². The summed E-state index contributed by atoms with van der Waals surface area (Å²) in [5.41, 5.74) is 2.99. The zero-order valence-corrected chi connectivity index (χ0v) is 14.1. The predicted molar refractivity (Wildman–Crippen MR) is 93.4 cm³/mol. The van der Waals surface area contributed by atoms with Gasteiger partial charge in [0.05, 0.1) is 25.8 Å². The topological polar surface area (TPSA) is 46.6 Å². The molecule has 4 nitrogen and oxygen atoms in total. The fraction of sp³-hybridized carbons (Fsp3) is 0.200. The van der Waals surface area contributed by atoms with Crippen LogP contribution in [0.2, 0.25) is 0 Å². The van der Waals surface area contributed by atoms with E-state index in [1.54, 1.807) is 30.0 Å². The van der Waals surface area contributed by atoms with Crippen molar-refractivity contribution in [2.75, 3.05) is 12.0 Å². The van der Waals surface area contributed by atoms with Crippen LogP contribution >= 0.6 is 0 Å². The van der Waals surface area contributed by atoms with Gasteiger partial charge >= 0.3 is 5.97 Å². The predicted octanol–water partition coefficient (Wildman–Crippen LogP) is 3.63. The molecular weight excluding hydrogens is 321 g/mol. The van der Waals surface area contributed by atoms with E-state index >= 15 is 0 Å². The number of nitrogens with zero attached hydrogens (tertiary/aromatic N) is 1. The number of ether oxygens (including phenoxy) is 1. The van der Waals surface area contributed by atoms with Crippen molar-refractivity contribution >= 4 is 23.6 Å². The lowest BCUT2D eigenvalue weighted by molar-refractivity contribution is -0.137. The van der Waals surface area contributed by atoms with Crippen LogP contribution in [-0.2, 0) is 20.9 Å². The van der Waals surface area contributed by atoms with E-state index < -0.39 is 5.97 Å². The van der Waals surface area contributed by atoms with Gasteiger partial charge in [-0.1, -0.05) is 30.3 Å². The van der Waals surface area contributed by atoms with Crippen molar-refractivity contribution in [3.63, 3.8) is 0 Å². The van der Waals surface area contributed by atoms with Crippen LogP contribution in [-0.4, -0.2) is 19.0 Å². The number of anilines is 1. The Bertz CT molecular complexity index is 873. The van der Waals surface area contributed by atoms with Gasteiger partial charge in [-0.05, 0) is 41.8 Å². The van der Waals surface area contributed by atoms with Crippen LogP contribution in [0.3, 0.4) is 0 Å². The van der Waals surface area contributed by atoms with Crippen LogP contribution in [0.4, 0.5) is 10.1 Å². The summed E-state index contributed by atoms with van der Waals surface area (Å²) < 4.78 is 18.6. The SMILES string of the molecule is COC(=O)C1=Cc2ccccc2N(Cc2ccc(C)c(F)c2)C(=O)C1. The van der Waals surface area contributed by atoms with Crippen LogP contribution in [0.25, 0.3) is 6.08 Å². The number of rotatable bonds is 3. The molecule has 25 heavy (non-hydrogen) atoms. The standard InChI is InChI=1S/C20H18FNO3/c1-13-7-8-14(9-17(13)21)12-22-18-6-4-3-5-15(18)10-16(11-19(22)23)20(24)25-2/h3-10H,11-12H2,1-2H3. The minimum atomic E-state index is -0.522. The van der Waals surface area contributed by atoms with Gasteiger partial charge in [-0.2, -0.15) is 0 Å². The van der Waals surface area contributed by atoms with Gasteiger partial charge in [-0.3, -0.25) is 4.79 Å². The first-order valence-corrected chi connectivity index (χ1v) is 7.93. The Balaban J connectivity index is 2.00. The Morgan fingerprint density at radius 3 is 2.72 bits per heavy atom. The zero-order chi connectivity index (χ0) is 18.0. The van der Waals surface area contributed by atoms with Crippen LogP contribution in [0, 0.1) is 12.7 Å². The number of aryl methyl sites for hydroxylation is 1. The van der Waals surface area contributed by atoms with Gasteiger partial charge in [-0.25, -0.2) is 9.18 Å². The summed E-state index contributed by atoms with van der Waals surface area (Å²) in [5, 5.41) is 0. The van der Waals surface area contributed by atoms with Gasteiger partial charge in [0.1, 0.15) is 5.82 Å². The number of halogens is 1. The van der Waals surface area contributed by atoms with E-state index in [-0.39, 0.29) is 24.7 Å². The van der Waals surface area contributed by atoms with Crippen molar-refractivity contribution in [2.45, 2.75) is 19.9 Å². The number of benzene rings is 2. The maximum atomic E-state index is 13.8. The maximum absolute atomic E-state index is 13.8. The monoisotopic (exact) mass is 339 g/mol. The highest BCUT2D eigenvalue weighted by atomic mass is 19.1. The molecule has 0 atom stereocenters. The van der Waals surface area contributed by atoms with Crippen molar-refractivity contribution in [1.82, 2.24) is 0 Å². The third kappa shape index (κ3) is 3.45. The van der Waals surface area contributed by atoms with Gasteiger partial charge in [0.25, 0.3) is 0 Å². The molecule has 128 valence electrons.